The number of rotatable bonds is 4. The zero-order chi connectivity index (χ0) is 18.1. The van der Waals surface area contributed by atoms with Crippen LogP contribution in [0.15, 0.2) is 12.4 Å². The van der Waals surface area contributed by atoms with Crippen molar-refractivity contribution >= 4 is 30.7 Å². The maximum Gasteiger partial charge on any atom is 0.319 e. The first kappa shape index (κ1) is 23.3. The predicted molar refractivity (Wildman–Crippen MR) is 107 cm³/mol. The zero-order valence-corrected chi connectivity index (χ0v) is 17.5. The molecule has 0 radical (unpaired) electrons. The van der Waals surface area contributed by atoms with Crippen molar-refractivity contribution in [3.05, 3.63) is 18.2 Å². The van der Waals surface area contributed by atoms with Crippen molar-refractivity contribution in [2.45, 2.75) is 38.8 Å². The third kappa shape index (κ3) is 4.30. The van der Waals surface area contributed by atoms with Crippen LogP contribution < -0.4 is 5.32 Å². The van der Waals surface area contributed by atoms with Gasteiger partial charge in [-0.3, -0.25) is 14.3 Å². The molecule has 28 heavy (non-hydrogen) atoms. The summed E-state index contributed by atoms with van der Waals surface area (Å²) in [6.45, 7) is 2.35. The number of imidazole rings is 1. The molecule has 0 spiro atoms. The summed E-state index contributed by atoms with van der Waals surface area (Å²) >= 11 is 0. The molecule has 10 heteroatoms. The highest BCUT2D eigenvalue weighted by Crippen LogP contribution is 2.45. The molecule has 1 aromatic rings. The molecular weight excluding hydrogens is 411 g/mol. The third-order valence-electron chi connectivity index (χ3n) is 6.45. The fraction of sp³-hybridized carbons (Fsp3) is 0.778. The highest BCUT2D eigenvalue weighted by molar-refractivity contribution is 5.85. The van der Waals surface area contributed by atoms with Crippen LogP contribution in [-0.4, -0.2) is 64.5 Å². The minimum atomic E-state index is -2.56. The summed E-state index contributed by atoms with van der Waals surface area (Å²) in [6.07, 6.45) is 7.24. The Bertz CT molecular complexity index is 654. The van der Waals surface area contributed by atoms with Crippen LogP contribution in [0.3, 0.4) is 0 Å². The fourth-order valence-corrected chi connectivity index (χ4v) is 4.94. The second-order valence-corrected chi connectivity index (χ2v) is 7.83. The van der Waals surface area contributed by atoms with E-state index in [2.05, 4.69) is 15.2 Å². The first-order valence-corrected chi connectivity index (χ1v) is 9.62. The van der Waals surface area contributed by atoms with Crippen molar-refractivity contribution in [1.82, 2.24) is 24.7 Å². The topological polar surface area (TPSA) is 53.4 Å². The Kier molecular flexibility index (Phi) is 8.07. The van der Waals surface area contributed by atoms with Crippen molar-refractivity contribution in [3.63, 3.8) is 0 Å². The Labute approximate surface area is 176 Å². The van der Waals surface area contributed by atoms with Crippen LogP contribution in [0.5, 0.6) is 0 Å². The Morgan fingerprint density at radius 3 is 2.71 bits per heavy atom. The number of nitrogens with one attached hydrogen (secondary N) is 1. The van der Waals surface area contributed by atoms with Gasteiger partial charge in [-0.15, -0.1) is 24.8 Å². The third-order valence-corrected chi connectivity index (χ3v) is 6.45. The maximum atomic E-state index is 13.3. The molecule has 160 valence electrons. The molecule has 6 nitrogen and oxygen atoms in total. The number of aromatic nitrogens is 2. The van der Waals surface area contributed by atoms with Gasteiger partial charge in [0.2, 0.25) is 5.91 Å². The molecule has 1 aliphatic carbocycles. The van der Waals surface area contributed by atoms with Crippen molar-refractivity contribution in [2.75, 3.05) is 39.3 Å². The second-order valence-electron chi connectivity index (χ2n) is 7.83. The van der Waals surface area contributed by atoms with Gasteiger partial charge >= 0.3 is 6.55 Å². The van der Waals surface area contributed by atoms with Crippen molar-refractivity contribution < 1.29 is 13.6 Å². The van der Waals surface area contributed by atoms with E-state index in [1.165, 1.54) is 18.8 Å². The normalized spacial score (nSPS) is 27.8. The van der Waals surface area contributed by atoms with E-state index in [0.29, 0.717) is 50.4 Å². The van der Waals surface area contributed by atoms with Crippen LogP contribution in [0.2, 0.25) is 0 Å². The summed E-state index contributed by atoms with van der Waals surface area (Å²) in [5, 5.41) is 3.44. The Morgan fingerprint density at radius 1 is 1.25 bits per heavy atom. The van der Waals surface area contributed by atoms with Gasteiger partial charge in [0.05, 0.1) is 12.0 Å². The first-order chi connectivity index (χ1) is 12.6. The van der Waals surface area contributed by atoms with Gasteiger partial charge in [0.25, 0.3) is 0 Å². The summed E-state index contributed by atoms with van der Waals surface area (Å²) in [5.74, 6) is 1.16. The van der Waals surface area contributed by atoms with Crippen LogP contribution in [-0.2, 0) is 11.3 Å². The molecule has 1 amide bonds. The van der Waals surface area contributed by atoms with Gasteiger partial charge in [-0.25, -0.2) is 4.98 Å². The number of nitrogens with zero attached hydrogens (tertiary/aromatic N) is 4. The molecule has 3 heterocycles. The Balaban J connectivity index is 0.00000140. The molecule has 1 aromatic heterocycles. The van der Waals surface area contributed by atoms with E-state index in [0.717, 1.165) is 36.9 Å². The summed E-state index contributed by atoms with van der Waals surface area (Å²) in [5.41, 5.74) is -0.202. The van der Waals surface area contributed by atoms with Crippen molar-refractivity contribution in [1.29, 1.82) is 0 Å². The van der Waals surface area contributed by atoms with E-state index < -0.39 is 6.55 Å². The number of fused-ring (bicyclic) bond motifs is 1. The van der Waals surface area contributed by atoms with Gasteiger partial charge in [-0.2, -0.15) is 8.78 Å². The van der Waals surface area contributed by atoms with E-state index in [1.54, 1.807) is 0 Å². The number of hydrogen-bond donors (Lipinski definition) is 1. The number of hydrogen-bond acceptors (Lipinski definition) is 4. The average Bonchev–Trinajstić information content (AvgIpc) is 3.29. The summed E-state index contributed by atoms with van der Waals surface area (Å²) in [6, 6.07) is 0. The molecule has 1 N–H and O–H groups in total. The maximum absolute atomic E-state index is 13.3. The van der Waals surface area contributed by atoms with Crippen LogP contribution in [0.4, 0.5) is 8.78 Å². The molecule has 2 aliphatic heterocycles. The van der Waals surface area contributed by atoms with E-state index >= 15 is 0 Å². The Morgan fingerprint density at radius 2 is 2.00 bits per heavy atom. The largest absolute Gasteiger partial charge is 0.340 e. The van der Waals surface area contributed by atoms with Crippen LogP contribution in [0.1, 0.15) is 38.1 Å². The predicted octanol–water partition coefficient (Wildman–Crippen LogP) is 2.55. The highest BCUT2D eigenvalue weighted by atomic mass is 35.5. The molecule has 1 saturated carbocycles. The van der Waals surface area contributed by atoms with Crippen LogP contribution in [0.25, 0.3) is 0 Å². The van der Waals surface area contributed by atoms with E-state index in [4.69, 9.17) is 0 Å². The van der Waals surface area contributed by atoms with Crippen LogP contribution >= 0.6 is 24.8 Å². The van der Waals surface area contributed by atoms with E-state index in [-0.39, 0.29) is 30.2 Å². The van der Waals surface area contributed by atoms with Crippen LogP contribution in [0, 0.1) is 11.3 Å². The monoisotopic (exact) mass is 439 g/mol. The van der Waals surface area contributed by atoms with Gasteiger partial charge in [-0.1, -0.05) is 12.8 Å². The van der Waals surface area contributed by atoms with Gasteiger partial charge in [-0.05, 0) is 25.3 Å². The van der Waals surface area contributed by atoms with Crippen molar-refractivity contribution in [3.8, 4) is 0 Å². The first-order valence-electron chi connectivity index (χ1n) is 9.62. The molecule has 0 unspecified atom stereocenters. The number of alkyl halides is 2. The van der Waals surface area contributed by atoms with E-state index in [9.17, 15) is 13.6 Å². The lowest BCUT2D eigenvalue weighted by molar-refractivity contribution is -0.147. The number of carbonyl (C=O) groups is 1. The second kappa shape index (κ2) is 9.69. The molecule has 2 saturated heterocycles. The molecule has 0 aromatic carbocycles. The number of halogens is 4. The number of amides is 1. The van der Waals surface area contributed by atoms with Gasteiger partial charge in [0.15, 0.2) is 0 Å². The van der Waals surface area contributed by atoms with Crippen molar-refractivity contribution in [2.24, 2.45) is 11.3 Å². The lowest BCUT2D eigenvalue weighted by Crippen LogP contribution is -2.55. The van der Waals surface area contributed by atoms with Gasteiger partial charge in [0.1, 0.15) is 5.82 Å². The standard InChI is InChI=1S/C18H27F2N5O.2ClH/c19-17(20)25-6-5-22-15(25)12-23-7-9-24(10-8-23)16(26)18-4-2-1-3-14(18)11-21-13-18;;/h5-6,14,17,21H,1-4,7-13H2;2*1H/t14-,18+;;/m0../s1. The Hall–Kier alpha value is -0.960. The van der Waals surface area contributed by atoms with E-state index in [1.807, 2.05) is 4.90 Å². The molecule has 3 fully saturated rings. The molecule has 3 aliphatic rings. The van der Waals surface area contributed by atoms with Gasteiger partial charge < -0.3 is 10.2 Å². The quantitative estimate of drug-likeness (QED) is 0.782. The summed E-state index contributed by atoms with van der Waals surface area (Å²) in [7, 11) is 0. The zero-order valence-electron chi connectivity index (χ0n) is 15.9. The fourth-order valence-electron chi connectivity index (χ4n) is 4.94. The number of piperazine rings is 1. The lowest BCUT2D eigenvalue weighted by Gasteiger charge is -2.43. The molecular formula is C18H29Cl2F2N5O. The molecule has 0 bridgehead atoms. The SMILES string of the molecule is Cl.Cl.O=C(N1CCN(Cc2nccn2C(F)F)CC1)[C@@]12CCCC[C@H]1CNC2. The number of carbonyl (C=O) groups excluding carboxylic acids is 1. The summed E-state index contributed by atoms with van der Waals surface area (Å²) in [4.78, 5) is 21.4. The summed E-state index contributed by atoms with van der Waals surface area (Å²) < 4.78 is 26.8. The molecule has 4 rings (SSSR count). The lowest BCUT2D eigenvalue weighted by atomic mass is 9.67. The average molecular weight is 440 g/mol. The minimum Gasteiger partial charge on any atom is -0.340 e. The smallest absolute Gasteiger partial charge is 0.319 e. The highest BCUT2D eigenvalue weighted by Gasteiger charge is 2.51. The molecule has 2 atom stereocenters. The van der Waals surface area contributed by atoms with Gasteiger partial charge in [0, 0.05) is 45.1 Å². The minimum absolute atomic E-state index is 0.